The van der Waals surface area contributed by atoms with Gasteiger partial charge in [-0.2, -0.15) is 0 Å². The molecule has 1 N–H and O–H groups in total. The predicted molar refractivity (Wildman–Crippen MR) is 80.4 cm³/mol. The molecule has 3 amide bonds. The van der Waals surface area contributed by atoms with Gasteiger partial charge in [0.05, 0.1) is 6.42 Å². The second kappa shape index (κ2) is 7.04. The maximum Gasteiger partial charge on any atom is 0.326 e. The first-order chi connectivity index (χ1) is 10.9. The number of hydrogen-bond acceptors (Lipinski definition) is 5. The third-order valence-electron chi connectivity index (χ3n) is 3.24. The van der Waals surface area contributed by atoms with Gasteiger partial charge in [0.2, 0.25) is 5.91 Å². The van der Waals surface area contributed by atoms with E-state index in [1.165, 1.54) is 0 Å². The monoisotopic (exact) mass is 318 g/mol. The summed E-state index contributed by atoms with van der Waals surface area (Å²) >= 11 is 0. The molecule has 1 aliphatic heterocycles. The van der Waals surface area contributed by atoms with E-state index in [2.05, 4.69) is 5.32 Å². The molecule has 0 atom stereocenters. The van der Waals surface area contributed by atoms with Crippen LogP contribution in [0.1, 0.15) is 29.8 Å². The van der Waals surface area contributed by atoms with Crippen molar-refractivity contribution >= 4 is 23.7 Å². The topological polar surface area (TPSA) is 92.8 Å². The lowest BCUT2D eigenvalue weighted by molar-refractivity contribution is -0.151. The Kier molecular flexibility index (Phi) is 5.10. The number of nitrogens with zero attached hydrogens (tertiary/aromatic N) is 1. The van der Waals surface area contributed by atoms with Gasteiger partial charge in [-0.1, -0.05) is 18.2 Å². The van der Waals surface area contributed by atoms with Gasteiger partial charge >= 0.3 is 5.97 Å². The van der Waals surface area contributed by atoms with Crippen LogP contribution in [0.15, 0.2) is 24.3 Å². The number of ether oxygens (including phenoxy) is 1. The van der Waals surface area contributed by atoms with Gasteiger partial charge in [-0.25, -0.2) is 0 Å². The van der Waals surface area contributed by atoms with Gasteiger partial charge < -0.3 is 10.1 Å². The number of rotatable bonds is 5. The normalized spacial score (nSPS) is 13.8. The molecule has 2 rings (SSSR count). The molecule has 1 aromatic rings. The highest BCUT2D eigenvalue weighted by atomic mass is 16.5. The first kappa shape index (κ1) is 16.7. The fourth-order valence-electron chi connectivity index (χ4n) is 2.24. The molecule has 23 heavy (non-hydrogen) atoms. The molecule has 7 nitrogen and oxygen atoms in total. The van der Waals surface area contributed by atoms with Crippen LogP contribution in [0.5, 0.6) is 0 Å². The third-order valence-corrected chi connectivity index (χ3v) is 3.24. The van der Waals surface area contributed by atoms with Crippen molar-refractivity contribution in [3.63, 3.8) is 0 Å². The van der Waals surface area contributed by atoms with Gasteiger partial charge in [-0.05, 0) is 25.5 Å². The minimum atomic E-state index is -0.801. The lowest BCUT2D eigenvalue weighted by Crippen LogP contribution is -2.45. The van der Waals surface area contributed by atoms with Crippen LogP contribution in [-0.4, -0.2) is 47.8 Å². The molecule has 0 radical (unpaired) electrons. The van der Waals surface area contributed by atoms with Crippen LogP contribution in [0, 0.1) is 0 Å². The Morgan fingerprint density at radius 1 is 1.26 bits per heavy atom. The van der Waals surface area contributed by atoms with Crippen LogP contribution < -0.4 is 5.32 Å². The first-order valence-corrected chi connectivity index (χ1v) is 7.26. The Hall–Kier alpha value is -2.70. The minimum Gasteiger partial charge on any atom is -0.454 e. The summed E-state index contributed by atoms with van der Waals surface area (Å²) in [6, 6.07) is 6.69. The summed E-state index contributed by atoms with van der Waals surface area (Å²) in [4.78, 5) is 48.3. The van der Waals surface area contributed by atoms with Gasteiger partial charge in [-0.3, -0.25) is 24.1 Å². The Balaban J connectivity index is 1.95. The van der Waals surface area contributed by atoms with Crippen LogP contribution in [0.3, 0.4) is 0 Å². The molecule has 7 heteroatoms. The molecule has 0 fully saturated rings. The highest BCUT2D eigenvalue weighted by Crippen LogP contribution is 2.19. The van der Waals surface area contributed by atoms with Crippen molar-refractivity contribution in [1.29, 1.82) is 0 Å². The maximum absolute atomic E-state index is 12.3. The number of carbonyl (C=O) groups excluding carboxylic acids is 4. The molecule has 122 valence electrons. The predicted octanol–water partition coefficient (Wildman–Crippen LogP) is 0.279. The van der Waals surface area contributed by atoms with Crippen molar-refractivity contribution in [2.75, 3.05) is 13.2 Å². The number of nitrogens with one attached hydrogen (secondary N) is 1. The molecular weight excluding hydrogens is 300 g/mol. The molecule has 1 aliphatic rings. The van der Waals surface area contributed by atoms with Crippen molar-refractivity contribution in [2.24, 2.45) is 0 Å². The smallest absolute Gasteiger partial charge is 0.326 e. The lowest BCUT2D eigenvalue weighted by atomic mass is 9.98. The van der Waals surface area contributed by atoms with E-state index in [0.717, 1.165) is 4.90 Å². The highest BCUT2D eigenvalue weighted by molar-refractivity contribution is 6.11. The summed E-state index contributed by atoms with van der Waals surface area (Å²) in [6.07, 6.45) is 0.0586. The van der Waals surface area contributed by atoms with Crippen LogP contribution in [0.25, 0.3) is 0 Å². The van der Waals surface area contributed by atoms with Crippen molar-refractivity contribution in [1.82, 2.24) is 10.2 Å². The van der Waals surface area contributed by atoms with Crippen LogP contribution >= 0.6 is 0 Å². The molecule has 0 saturated heterocycles. The van der Waals surface area contributed by atoms with E-state index in [-0.39, 0.29) is 12.5 Å². The van der Waals surface area contributed by atoms with Crippen molar-refractivity contribution in [2.45, 2.75) is 26.3 Å². The number of imide groups is 1. The molecule has 1 aromatic carbocycles. The molecule has 0 aliphatic carbocycles. The zero-order valence-corrected chi connectivity index (χ0v) is 13.0. The summed E-state index contributed by atoms with van der Waals surface area (Å²) in [6.45, 7) is 2.62. The average Bonchev–Trinajstić information content (AvgIpc) is 2.49. The Labute approximate surface area is 133 Å². The summed E-state index contributed by atoms with van der Waals surface area (Å²) in [5.74, 6) is -2.22. The fraction of sp³-hybridized carbons (Fsp3) is 0.375. The van der Waals surface area contributed by atoms with Crippen LogP contribution in [0.4, 0.5) is 0 Å². The third kappa shape index (κ3) is 4.15. The van der Waals surface area contributed by atoms with Crippen LogP contribution in [0.2, 0.25) is 0 Å². The summed E-state index contributed by atoms with van der Waals surface area (Å²) in [5, 5.41) is 2.57. The molecule has 1 heterocycles. The van der Waals surface area contributed by atoms with E-state index in [0.29, 0.717) is 11.1 Å². The first-order valence-electron chi connectivity index (χ1n) is 7.26. The molecule has 0 bridgehead atoms. The van der Waals surface area contributed by atoms with Gasteiger partial charge in [-0.15, -0.1) is 0 Å². The van der Waals surface area contributed by atoms with Crippen molar-refractivity contribution < 1.29 is 23.9 Å². The minimum absolute atomic E-state index is 0.0586. The quantitative estimate of drug-likeness (QED) is 0.622. The van der Waals surface area contributed by atoms with Gasteiger partial charge in [0.25, 0.3) is 11.8 Å². The van der Waals surface area contributed by atoms with Crippen molar-refractivity contribution in [3.8, 4) is 0 Å². The number of esters is 1. The molecule has 0 spiro atoms. The van der Waals surface area contributed by atoms with Crippen molar-refractivity contribution in [3.05, 3.63) is 35.4 Å². The molecule has 0 aromatic heterocycles. The maximum atomic E-state index is 12.3. The second-order valence-electron chi connectivity index (χ2n) is 5.50. The van der Waals surface area contributed by atoms with E-state index in [9.17, 15) is 19.2 Å². The standard InChI is InChI=1S/C16H18N2O5/c1-10(2)17-13(19)9-23-15(21)8-18-14(20)7-11-5-3-4-6-12(11)16(18)22/h3-6,10H,7-9H2,1-2H3,(H,17,19). The number of benzene rings is 1. The SMILES string of the molecule is CC(C)NC(=O)COC(=O)CN1C(=O)Cc2ccccc2C1=O. The van der Waals surface area contributed by atoms with Gasteiger partial charge in [0, 0.05) is 11.6 Å². The number of hydrogen-bond donors (Lipinski definition) is 1. The van der Waals surface area contributed by atoms with E-state index >= 15 is 0 Å². The fourth-order valence-corrected chi connectivity index (χ4v) is 2.24. The van der Waals surface area contributed by atoms with Gasteiger partial charge in [0.1, 0.15) is 6.54 Å². The van der Waals surface area contributed by atoms with E-state index in [1.54, 1.807) is 38.1 Å². The second-order valence-corrected chi connectivity index (χ2v) is 5.50. The molecule has 0 saturated carbocycles. The van der Waals surface area contributed by atoms with E-state index < -0.39 is 36.8 Å². The zero-order valence-electron chi connectivity index (χ0n) is 13.0. The average molecular weight is 318 g/mol. The molecule has 0 unspecified atom stereocenters. The van der Waals surface area contributed by atoms with E-state index in [4.69, 9.17) is 4.74 Å². The Morgan fingerprint density at radius 3 is 2.65 bits per heavy atom. The number of fused-ring (bicyclic) bond motifs is 1. The Bertz CT molecular complexity index is 654. The number of carbonyl (C=O) groups is 4. The zero-order chi connectivity index (χ0) is 17.0. The van der Waals surface area contributed by atoms with Gasteiger partial charge in [0.15, 0.2) is 6.61 Å². The summed E-state index contributed by atoms with van der Waals surface area (Å²) in [7, 11) is 0. The largest absolute Gasteiger partial charge is 0.454 e. The number of amides is 3. The Morgan fingerprint density at radius 2 is 1.96 bits per heavy atom. The van der Waals surface area contributed by atoms with E-state index in [1.807, 2.05) is 0 Å². The molecular formula is C16H18N2O5. The lowest BCUT2D eigenvalue weighted by Gasteiger charge is -2.25. The van der Waals surface area contributed by atoms with Crippen LogP contribution in [-0.2, 0) is 25.5 Å². The summed E-state index contributed by atoms with van der Waals surface area (Å²) in [5.41, 5.74) is 1.04. The summed E-state index contributed by atoms with van der Waals surface area (Å²) < 4.78 is 4.79. The highest BCUT2D eigenvalue weighted by Gasteiger charge is 2.32.